The average molecular weight is 246 g/mol. The van der Waals surface area contributed by atoms with Gasteiger partial charge in [0.05, 0.1) is 5.25 Å². The zero-order chi connectivity index (χ0) is 12.8. The second-order valence-corrected chi connectivity index (χ2v) is 6.42. The van der Waals surface area contributed by atoms with Gasteiger partial charge in [-0.25, -0.2) is 0 Å². The first-order valence-electron chi connectivity index (χ1n) is 5.96. The van der Waals surface area contributed by atoms with Crippen LogP contribution in [0.1, 0.15) is 41.0 Å². The van der Waals surface area contributed by atoms with Crippen LogP contribution in [0.4, 0.5) is 0 Å². The number of nitrogens with one attached hydrogen (secondary N) is 1. The van der Waals surface area contributed by atoms with Crippen LogP contribution in [0.25, 0.3) is 0 Å². The molecule has 0 aromatic rings. The molecule has 0 saturated heterocycles. The number of carbonyl (C=O) groups is 1. The smallest absolute Gasteiger partial charge is 0.233 e. The molecule has 0 aromatic carbocycles. The molecule has 3 nitrogen and oxygen atoms in total. The van der Waals surface area contributed by atoms with E-state index in [1.165, 1.54) is 0 Å². The molecule has 0 spiro atoms. The Kier molecular flexibility index (Phi) is 7.07. The Morgan fingerprint density at radius 3 is 2.44 bits per heavy atom. The highest BCUT2D eigenvalue weighted by Crippen LogP contribution is 2.16. The summed E-state index contributed by atoms with van der Waals surface area (Å²) in [5, 5.41) is 3.06. The van der Waals surface area contributed by atoms with Crippen molar-refractivity contribution in [3.05, 3.63) is 0 Å². The fourth-order valence-electron chi connectivity index (χ4n) is 0.976. The Morgan fingerprint density at radius 1 is 1.44 bits per heavy atom. The van der Waals surface area contributed by atoms with Crippen molar-refractivity contribution in [2.45, 2.75) is 51.8 Å². The fraction of sp³-hybridized carbons (Fsp3) is 0.917. The molecule has 16 heavy (non-hydrogen) atoms. The number of carbonyl (C=O) groups excluding carboxylic acids is 1. The molecular formula is C12H26N2OS. The monoisotopic (exact) mass is 246 g/mol. The summed E-state index contributed by atoms with van der Waals surface area (Å²) >= 11 is 1.68. The maximum absolute atomic E-state index is 11.9. The first-order chi connectivity index (χ1) is 7.32. The average Bonchev–Trinajstić information content (AvgIpc) is 2.24. The summed E-state index contributed by atoms with van der Waals surface area (Å²) in [6, 6.07) is 0. The second kappa shape index (κ2) is 7.17. The van der Waals surface area contributed by atoms with E-state index in [4.69, 9.17) is 5.73 Å². The highest BCUT2D eigenvalue weighted by atomic mass is 32.2. The molecule has 0 heterocycles. The van der Waals surface area contributed by atoms with Crippen molar-refractivity contribution in [1.82, 2.24) is 5.32 Å². The molecule has 0 aliphatic heterocycles. The van der Waals surface area contributed by atoms with Crippen LogP contribution in [-0.2, 0) is 4.79 Å². The van der Waals surface area contributed by atoms with Crippen molar-refractivity contribution in [2.24, 2.45) is 11.7 Å². The highest BCUT2D eigenvalue weighted by molar-refractivity contribution is 8.00. The molecule has 1 amide bonds. The van der Waals surface area contributed by atoms with Crippen LogP contribution < -0.4 is 11.1 Å². The Bertz CT molecular complexity index is 219. The molecule has 0 fully saturated rings. The molecule has 4 heteroatoms. The molecule has 0 aliphatic carbocycles. The quantitative estimate of drug-likeness (QED) is 0.722. The van der Waals surface area contributed by atoms with Crippen molar-refractivity contribution >= 4 is 17.7 Å². The molecule has 0 aliphatic rings. The van der Waals surface area contributed by atoms with Gasteiger partial charge >= 0.3 is 0 Å². The van der Waals surface area contributed by atoms with Gasteiger partial charge in [0.1, 0.15) is 0 Å². The lowest BCUT2D eigenvalue weighted by atomic mass is 10.0. The van der Waals surface area contributed by atoms with Gasteiger partial charge in [0.2, 0.25) is 5.91 Å². The Labute approximate surface area is 104 Å². The molecule has 2 atom stereocenters. The zero-order valence-corrected chi connectivity index (χ0v) is 12.0. The van der Waals surface area contributed by atoms with Gasteiger partial charge in [-0.3, -0.25) is 4.79 Å². The molecule has 96 valence electrons. The number of rotatable bonds is 7. The minimum atomic E-state index is -0.106. The van der Waals surface area contributed by atoms with Crippen molar-refractivity contribution in [1.29, 1.82) is 0 Å². The number of amides is 1. The van der Waals surface area contributed by atoms with Gasteiger partial charge in [-0.05, 0) is 45.4 Å². The lowest BCUT2D eigenvalue weighted by molar-refractivity contribution is -0.121. The summed E-state index contributed by atoms with van der Waals surface area (Å²) in [5.41, 5.74) is 5.44. The van der Waals surface area contributed by atoms with Crippen LogP contribution in [0, 0.1) is 5.92 Å². The van der Waals surface area contributed by atoms with Crippen molar-refractivity contribution in [3.8, 4) is 0 Å². The van der Waals surface area contributed by atoms with Crippen LogP contribution >= 0.6 is 11.8 Å². The molecule has 2 unspecified atom stereocenters. The minimum Gasteiger partial charge on any atom is -0.350 e. The van der Waals surface area contributed by atoms with E-state index in [2.05, 4.69) is 19.2 Å². The third kappa shape index (κ3) is 6.38. The summed E-state index contributed by atoms with van der Waals surface area (Å²) in [7, 11) is 0. The normalized spacial score (nSPS) is 15.6. The maximum Gasteiger partial charge on any atom is 0.233 e. The van der Waals surface area contributed by atoms with Gasteiger partial charge in [-0.1, -0.05) is 13.8 Å². The van der Waals surface area contributed by atoms with E-state index >= 15 is 0 Å². The van der Waals surface area contributed by atoms with Gasteiger partial charge in [-0.15, -0.1) is 11.8 Å². The van der Waals surface area contributed by atoms with Crippen molar-refractivity contribution < 1.29 is 4.79 Å². The maximum atomic E-state index is 11.9. The van der Waals surface area contributed by atoms with Gasteiger partial charge in [0.15, 0.2) is 0 Å². The summed E-state index contributed by atoms with van der Waals surface area (Å²) in [6.45, 7) is 10.9. The second-order valence-electron chi connectivity index (χ2n) is 5.04. The molecule has 0 bridgehead atoms. The minimum absolute atomic E-state index is 0.000162. The zero-order valence-electron chi connectivity index (χ0n) is 11.2. The van der Waals surface area contributed by atoms with Gasteiger partial charge in [-0.2, -0.15) is 0 Å². The van der Waals surface area contributed by atoms with Crippen LogP contribution in [0.5, 0.6) is 0 Å². The lowest BCUT2D eigenvalue weighted by Crippen LogP contribution is -2.46. The van der Waals surface area contributed by atoms with Crippen molar-refractivity contribution in [2.75, 3.05) is 12.3 Å². The number of nitrogens with two attached hydrogens (primary N) is 1. The number of hydrogen-bond donors (Lipinski definition) is 2. The predicted octanol–water partition coefficient (Wildman–Crippen LogP) is 2.01. The molecule has 0 rings (SSSR count). The van der Waals surface area contributed by atoms with Gasteiger partial charge < -0.3 is 11.1 Å². The van der Waals surface area contributed by atoms with Crippen LogP contribution in [0.15, 0.2) is 0 Å². The van der Waals surface area contributed by atoms with Gasteiger partial charge in [0, 0.05) is 5.54 Å². The molecule has 3 N–H and O–H groups in total. The van der Waals surface area contributed by atoms with E-state index in [0.29, 0.717) is 12.5 Å². The first kappa shape index (κ1) is 15.8. The first-order valence-corrected chi connectivity index (χ1v) is 7.01. The largest absolute Gasteiger partial charge is 0.350 e. The third-order valence-electron chi connectivity index (χ3n) is 2.75. The predicted molar refractivity (Wildman–Crippen MR) is 72.7 cm³/mol. The van der Waals surface area contributed by atoms with Gasteiger partial charge in [0.25, 0.3) is 0 Å². The number of hydrogen-bond acceptors (Lipinski definition) is 3. The molecule has 0 saturated carbocycles. The van der Waals surface area contributed by atoms with Crippen LogP contribution in [0.3, 0.4) is 0 Å². The molecule has 0 aromatic heterocycles. The van der Waals surface area contributed by atoms with Crippen LogP contribution in [-0.4, -0.2) is 29.0 Å². The Morgan fingerprint density at radius 2 is 2.00 bits per heavy atom. The standard InChI is InChI=1S/C12H26N2OS/c1-6-12(4,5)14-11(15)10(3)16-8-9(2)7-13/h9-10H,6-8,13H2,1-5H3,(H,14,15). The Hall–Kier alpha value is -0.220. The van der Waals surface area contributed by atoms with E-state index in [1.54, 1.807) is 11.8 Å². The topological polar surface area (TPSA) is 55.1 Å². The van der Waals surface area contributed by atoms with E-state index in [-0.39, 0.29) is 16.7 Å². The summed E-state index contributed by atoms with van der Waals surface area (Å²) in [4.78, 5) is 11.9. The van der Waals surface area contributed by atoms with E-state index in [1.807, 2.05) is 20.8 Å². The molecule has 0 radical (unpaired) electrons. The summed E-state index contributed by atoms with van der Waals surface area (Å²) < 4.78 is 0. The summed E-state index contributed by atoms with van der Waals surface area (Å²) in [5.74, 6) is 1.54. The fourth-order valence-corrected chi connectivity index (χ4v) is 1.94. The lowest BCUT2D eigenvalue weighted by Gasteiger charge is -2.26. The van der Waals surface area contributed by atoms with E-state index in [0.717, 1.165) is 12.2 Å². The van der Waals surface area contributed by atoms with Crippen LogP contribution in [0.2, 0.25) is 0 Å². The SMILES string of the molecule is CCC(C)(C)NC(=O)C(C)SCC(C)CN. The summed E-state index contributed by atoms with van der Waals surface area (Å²) in [6.07, 6.45) is 0.940. The highest BCUT2D eigenvalue weighted by Gasteiger charge is 2.22. The Balaban J connectivity index is 4.00. The van der Waals surface area contributed by atoms with E-state index < -0.39 is 0 Å². The van der Waals surface area contributed by atoms with Crippen molar-refractivity contribution in [3.63, 3.8) is 0 Å². The third-order valence-corrected chi connectivity index (χ3v) is 4.22. The number of thioether (sulfide) groups is 1. The van der Waals surface area contributed by atoms with E-state index in [9.17, 15) is 4.79 Å². The molecular weight excluding hydrogens is 220 g/mol.